The Hall–Kier alpha value is -3.87. The van der Waals surface area contributed by atoms with Crippen molar-refractivity contribution in [1.82, 2.24) is 14.9 Å². The van der Waals surface area contributed by atoms with Crippen molar-refractivity contribution in [3.05, 3.63) is 94.6 Å². The lowest BCUT2D eigenvalue weighted by molar-refractivity contribution is 0.101. The summed E-state index contributed by atoms with van der Waals surface area (Å²) < 4.78 is 12.9. The largest absolute Gasteiger partial charge is 0.489 e. The number of carbonyl (C=O) groups is 1. The second-order valence-corrected chi connectivity index (χ2v) is 7.54. The number of benzene rings is 2. The molecule has 2 heterocycles. The lowest BCUT2D eigenvalue weighted by Crippen LogP contribution is -2.15. The third-order valence-electron chi connectivity index (χ3n) is 4.93. The first-order valence-electron chi connectivity index (χ1n) is 10.0. The van der Waals surface area contributed by atoms with Crippen LogP contribution in [0.3, 0.4) is 0 Å². The maximum absolute atomic E-state index is 12.8. The molecule has 2 aromatic carbocycles. The van der Waals surface area contributed by atoms with Gasteiger partial charge >= 0.3 is 0 Å². The molecule has 31 heavy (non-hydrogen) atoms. The number of hydrogen-bond acceptors (Lipinski definition) is 5. The minimum atomic E-state index is -0.366. The van der Waals surface area contributed by atoms with Crippen LogP contribution in [0.4, 0.5) is 5.69 Å². The fourth-order valence-corrected chi connectivity index (χ4v) is 3.19. The van der Waals surface area contributed by atoms with Gasteiger partial charge in [-0.15, -0.1) is 0 Å². The topological polar surface area (TPSA) is 82.2 Å². The van der Waals surface area contributed by atoms with Crippen LogP contribution in [-0.4, -0.2) is 20.8 Å². The van der Waals surface area contributed by atoms with E-state index in [1.807, 2.05) is 31.2 Å². The van der Waals surface area contributed by atoms with Gasteiger partial charge in [-0.1, -0.05) is 47.1 Å². The molecule has 0 unspecified atom stereocenters. The minimum absolute atomic E-state index is 0.189. The van der Waals surface area contributed by atoms with Crippen molar-refractivity contribution in [2.45, 2.75) is 33.9 Å². The summed E-state index contributed by atoms with van der Waals surface area (Å²) in [4.78, 5) is 12.8. The third kappa shape index (κ3) is 5.01. The van der Waals surface area contributed by atoms with Gasteiger partial charge < -0.3 is 14.6 Å². The average molecular weight is 416 g/mol. The van der Waals surface area contributed by atoms with E-state index in [9.17, 15) is 4.79 Å². The van der Waals surface area contributed by atoms with Crippen LogP contribution in [0.2, 0.25) is 0 Å². The third-order valence-corrected chi connectivity index (χ3v) is 4.93. The summed E-state index contributed by atoms with van der Waals surface area (Å²) in [6.45, 7) is 6.62. The molecule has 0 atom stereocenters. The summed E-state index contributed by atoms with van der Waals surface area (Å²) in [5, 5.41) is 11.1. The van der Waals surface area contributed by atoms with Gasteiger partial charge in [-0.25, -0.2) is 0 Å². The number of amides is 1. The zero-order valence-corrected chi connectivity index (χ0v) is 17.8. The number of nitrogens with one attached hydrogen (secondary N) is 1. The molecule has 0 aliphatic heterocycles. The molecule has 2 aromatic heterocycles. The van der Waals surface area contributed by atoms with Crippen molar-refractivity contribution in [2.75, 3.05) is 5.32 Å². The van der Waals surface area contributed by atoms with E-state index in [0.717, 1.165) is 16.9 Å². The van der Waals surface area contributed by atoms with Gasteiger partial charge in [0.05, 0.1) is 24.0 Å². The monoisotopic (exact) mass is 416 g/mol. The second-order valence-electron chi connectivity index (χ2n) is 7.54. The standard InChI is InChI=1S/C24H24N4O3/c1-16-7-9-19(10-8-16)13-28-14-20(12-25-28)26-24(29)23-22(18(3)31-27-23)15-30-21-6-4-5-17(2)11-21/h4-12,14H,13,15H2,1-3H3,(H,26,29). The van der Waals surface area contributed by atoms with E-state index in [2.05, 4.69) is 46.8 Å². The fraction of sp³-hybridized carbons (Fsp3) is 0.208. The molecule has 0 radical (unpaired) electrons. The van der Waals surface area contributed by atoms with Crippen LogP contribution in [0, 0.1) is 20.8 Å². The molecule has 0 aliphatic carbocycles. The van der Waals surface area contributed by atoms with Crippen molar-refractivity contribution >= 4 is 11.6 Å². The van der Waals surface area contributed by atoms with E-state index in [0.29, 0.717) is 23.6 Å². The number of carbonyl (C=O) groups excluding carboxylic acids is 1. The van der Waals surface area contributed by atoms with Crippen LogP contribution >= 0.6 is 0 Å². The first-order chi connectivity index (χ1) is 15.0. The lowest BCUT2D eigenvalue weighted by Gasteiger charge is -2.07. The number of rotatable bonds is 7. The number of ether oxygens (including phenoxy) is 1. The highest BCUT2D eigenvalue weighted by Gasteiger charge is 2.21. The fourth-order valence-electron chi connectivity index (χ4n) is 3.19. The molecule has 0 fully saturated rings. The SMILES string of the molecule is Cc1ccc(Cn2cc(NC(=O)c3noc(C)c3COc3cccc(C)c3)cn2)cc1. The van der Waals surface area contributed by atoms with E-state index in [1.54, 1.807) is 24.0 Å². The highest BCUT2D eigenvalue weighted by Crippen LogP contribution is 2.20. The number of hydrogen-bond donors (Lipinski definition) is 1. The zero-order valence-electron chi connectivity index (χ0n) is 17.8. The average Bonchev–Trinajstić information content (AvgIpc) is 3.34. The molecule has 0 saturated carbocycles. The lowest BCUT2D eigenvalue weighted by atomic mass is 10.1. The summed E-state index contributed by atoms with van der Waals surface area (Å²) in [5.41, 5.74) is 4.85. The van der Waals surface area contributed by atoms with Crippen molar-refractivity contribution < 1.29 is 14.1 Å². The normalized spacial score (nSPS) is 10.8. The Morgan fingerprint density at radius 2 is 1.90 bits per heavy atom. The van der Waals surface area contributed by atoms with Gasteiger partial charge in [-0.3, -0.25) is 9.48 Å². The van der Waals surface area contributed by atoms with E-state index >= 15 is 0 Å². The highest BCUT2D eigenvalue weighted by atomic mass is 16.5. The first kappa shape index (κ1) is 20.4. The van der Waals surface area contributed by atoms with Crippen LogP contribution in [0.5, 0.6) is 5.75 Å². The number of aryl methyl sites for hydroxylation is 3. The van der Waals surface area contributed by atoms with Crippen LogP contribution in [0.15, 0.2) is 65.4 Å². The van der Waals surface area contributed by atoms with Crippen molar-refractivity contribution in [1.29, 1.82) is 0 Å². The van der Waals surface area contributed by atoms with Gasteiger partial charge in [0.25, 0.3) is 5.91 Å². The molecule has 158 valence electrons. The molecule has 0 spiro atoms. The summed E-state index contributed by atoms with van der Waals surface area (Å²) in [5.74, 6) is 0.909. The molecule has 1 amide bonds. The van der Waals surface area contributed by atoms with Gasteiger partial charge in [0.15, 0.2) is 5.69 Å². The molecule has 1 N–H and O–H groups in total. The Morgan fingerprint density at radius 3 is 2.68 bits per heavy atom. The molecule has 7 heteroatoms. The van der Waals surface area contributed by atoms with Crippen molar-refractivity contribution in [3.8, 4) is 5.75 Å². The second kappa shape index (κ2) is 8.87. The Kier molecular flexibility index (Phi) is 5.84. The van der Waals surface area contributed by atoms with E-state index in [1.165, 1.54) is 5.56 Å². The molecular formula is C24H24N4O3. The van der Waals surface area contributed by atoms with Crippen LogP contribution in [0.25, 0.3) is 0 Å². The molecule has 7 nitrogen and oxygen atoms in total. The first-order valence-corrected chi connectivity index (χ1v) is 10.0. The van der Waals surface area contributed by atoms with Gasteiger partial charge in [0.1, 0.15) is 18.1 Å². The maximum Gasteiger partial charge on any atom is 0.278 e. The molecule has 4 rings (SSSR count). The van der Waals surface area contributed by atoms with Gasteiger partial charge in [0.2, 0.25) is 0 Å². The van der Waals surface area contributed by atoms with E-state index < -0.39 is 0 Å². The predicted molar refractivity (Wildman–Crippen MR) is 117 cm³/mol. The number of anilines is 1. The van der Waals surface area contributed by atoms with E-state index in [-0.39, 0.29) is 18.2 Å². The Balaban J connectivity index is 1.42. The van der Waals surface area contributed by atoms with Gasteiger partial charge in [-0.05, 0) is 44.0 Å². The van der Waals surface area contributed by atoms with Gasteiger partial charge in [-0.2, -0.15) is 5.10 Å². The summed E-state index contributed by atoms with van der Waals surface area (Å²) >= 11 is 0. The Labute approximate surface area is 180 Å². The quantitative estimate of drug-likeness (QED) is 0.473. The maximum atomic E-state index is 12.8. The van der Waals surface area contributed by atoms with Crippen molar-refractivity contribution in [3.63, 3.8) is 0 Å². The molecule has 0 bridgehead atoms. The molecular weight excluding hydrogens is 392 g/mol. The minimum Gasteiger partial charge on any atom is -0.489 e. The van der Waals surface area contributed by atoms with E-state index in [4.69, 9.17) is 9.26 Å². The molecule has 4 aromatic rings. The van der Waals surface area contributed by atoms with Gasteiger partial charge in [0, 0.05) is 6.20 Å². The molecule has 0 aliphatic rings. The van der Waals surface area contributed by atoms with Crippen molar-refractivity contribution in [2.24, 2.45) is 0 Å². The van der Waals surface area contributed by atoms with Crippen LogP contribution < -0.4 is 10.1 Å². The summed E-state index contributed by atoms with van der Waals surface area (Å²) in [7, 11) is 0. The zero-order chi connectivity index (χ0) is 21.8. The number of nitrogens with zero attached hydrogens (tertiary/aromatic N) is 3. The Bertz CT molecular complexity index is 1190. The predicted octanol–water partition coefficient (Wildman–Crippen LogP) is 4.68. The van der Waals surface area contributed by atoms with Crippen LogP contribution in [-0.2, 0) is 13.2 Å². The Morgan fingerprint density at radius 1 is 1.10 bits per heavy atom. The van der Waals surface area contributed by atoms with Crippen LogP contribution in [0.1, 0.15) is 38.5 Å². The smallest absolute Gasteiger partial charge is 0.278 e. The molecule has 0 saturated heterocycles. The summed E-state index contributed by atoms with van der Waals surface area (Å²) in [6.07, 6.45) is 3.40. The summed E-state index contributed by atoms with van der Waals surface area (Å²) in [6, 6.07) is 16.0. The highest BCUT2D eigenvalue weighted by molar-refractivity contribution is 6.03. The number of aromatic nitrogens is 3.